The first-order valence-electron chi connectivity index (χ1n) is 11.0. The van der Waals surface area contributed by atoms with Gasteiger partial charge in [-0.2, -0.15) is 5.10 Å². The van der Waals surface area contributed by atoms with Crippen LogP contribution in [0.1, 0.15) is 38.2 Å². The summed E-state index contributed by atoms with van der Waals surface area (Å²) >= 11 is 0. The molecule has 0 aromatic carbocycles. The minimum atomic E-state index is 0.296. The molecular weight excluding hydrogens is 366 g/mol. The molecule has 3 rings (SSSR count). The van der Waals surface area contributed by atoms with Crippen molar-refractivity contribution in [3.05, 3.63) is 18.0 Å². The largest absolute Gasteiger partial charge is 0.357 e. The molecule has 0 spiro atoms. The molecule has 1 amide bonds. The monoisotopic (exact) mass is 403 g/mol. The molecule has 162 valence electrons. The van der Waals surface area contributed by atoms with Crippen molar-refractivity contribution >= 4 is 11.9 Å². The first-order valence-corrected chi connectivity index (χ1v) is 11.0. The van der Waals surface area contributed by atoms with Crippen LogP contribution in [0.15, 0.2) is 17.4 Å². The van der Waals surface area contributed by atoms with Crippen LogP contribution in [0.5, 0.6) is 0 Å². The fourth-order valence-corrected chi connectivity index (χ4v) is 4.29. The van der Waals surface area contributed by atoms with Crippen LogP contribution in [-0.2, 0) is 18.4 Å². The van der Waals surface area contributed by atoms with Gasteiger partial charge in [0.05, 0.1) is 12.7 Å². The summed E-state index contributed by atoms with van der Waals surface area (Å²) in [5, 5.41) is 7.61. The second-order valence-electron chi connectivity index (χ2n) is 8.26. The second-order valence-corrected chi connectivity index (χ2v) is 8.26. The Balaban J connectivity index is 1.43. The molecule has 1 aromatic rings. The van der Waals surface area contributed by atoms with E-state index in [0.717, 1.165) is 71.2 Å². The molecule has 29 heavy (non-hydrogen) atoms. The van der Waals surface area contributed by atoms with E-state index in [4.69, 9.17) is 4.99 Å². The van der Waals surface area contributed by atoms with Crippen LogP contribution < -0.4 is 5.32 Å². The lowest BCUT2D eigenvalue weighted by atomic mass is 10.1. The van der Waals surface area contributed by atoms with E-state index in [1.807, 2.05) is 24.1 Å². The lowest BCUT2D eigenvalue weighted by Gasteiger charge is -2.35. The van der Waals surface area contributed by atoms with Crippen molar-refractivity contribution in [1.82, 2.24) is 29.8 Å². The van der Waals surface area contributed by atoms with Crippen molar-refractivity contribution < 1.29 is 4.79 Å². The van der Waals surface area contributed by atoms with Gasteiger partial charge in [-0.1, -0.05) is 12.8 Å². The molecule has 1 aromatic heterocycles. The molecule has 2 fully saturated rings. The van der Waals surface area contributed by atoms with E-state index < -0.39 is 0 Å². The summed E-state index contributed by atoms with van der Waals surface area (Å²) in [5.74, 6) is 1.61. The lowest BCUT2D eigenvalue weighted by molar-refractivity contribution is -0.137. The number of carbonyl (C=O) groups is 1. The quantitative estimate of drug-likeness (QED) is 0.546. The molecule has 2 aliphatic rings. The Morgan fingerprint density at radius 3 is 2.62 bits per heavy atom. The average molecular weight is 404 g/mol. The Morgan fingerprint density at radius 2 is 2.00 bits per heavy atom. The van der Waals surface area contributed by atoms with Crippen LogP contribution in [0.25, 0.3) is 0 Å². The zero-order chi connectivity index (χ0) is 20.6. The fraction of sp³-hybridized carbons (Fsp3) is 0.762. The third-order valence-electron chi connectivity index (χ3n) is 5.94. The fourth-order valence-electron chi connectivity index (χ4n) is 4.29. The van der Waals surface area contributed by atoms with Crippen molar-refractivity contribution in [1.29, 1.82) is 0 Å². The number of guanidine groups is 1. The Hall–Kier alpha value is -2.09. The van der Waals surface area contributed by atoms with E-state index >= 15 is 0 Å². The summed E-state index contributed by atoms with van der Waals surface area (Å²) in [6, 6.07) is 0. The number of rotatable bonds is 7. The maximum Gasteiger partial charge on any atom is 0.225 e. The van der Waals surface area contributed by atoms with Gasteiger partial charge < -0.3 is 15.1 Å². The number of aryl methyl sites for hydroxylation is 1. The Bertz CT molecular complexity index is 672. The molecule has 8 heteroatoms. The molecule has 1 aliphatic heterocycles. The predicted molar refractivity (Wildman–Crippen MR) is 116 cm³/mol. The molecule has 8 nitrogen and oxygen atoms in total. The summed E-state index contributed by atoms with van der Waals surface area (Å²) in [4.78, 5) is 24.0. The number of aliphatic imine (C=N–C) groups is 1. The van der Waals surface area contributed by atoms with E-state index in [0.29, 0.717) is 11.8 Å². The standard InChI is InChI=1S/C21H37N7O/c1-4-22-21(25(2)16-18-15-24-26(3)17-18)23-9-10-27-11-13-28(14-12-27)20(29)19-7-5-6-8-19/h15,17,19H,4-14,16H2,1-3H3,(H,22,23). The first-order chi connectivity index (χ1) is 14.1. The van der Waals surface area contributed by atoms with E-state index in [-0.39, 0.29) is 0 Å². The van der Waals surface area contributed by atoms with Gasteiger partial charge in [0.15, 0.2) is 5.96 Å². The topological polar surface area (TPSA) is 69.0 Å². The highest BCUT2D eigenvalue weighted by atomic mass is 16.2. The first kappa shape index (κ1) is 21.6. The van der Waals surface area contributed by atoms with E-state index in [2.05, 4.69) is 39.1 Å². The molecule has 2 heterocycles. The highest BCUT2D eigenvalue weighted by Crippen LogP contribution is 2.26. The van der Waals surface area contributed by atoms with Crippen LogP contribution in [0.4, 0.5) is 0 Å². The predicted octanol–water partition coefficient (Wildman–Crippen LogP) is 1.15. The summed E-state index contributed by atoms with van der Waals surface area (Å²) in [5.41, 5.74) is 1.17. The lowest BCUT2D eigenvalue weighted by Crippen LogP contribution is -2.50. The van der Waals surface area contributed by atoms with E-state index in [9.17, 15) is 4.79 Å². The molecule has 0 radical (unpaired) electrons. The number of aromatic nitrogens is 2. The van der Waals surface area contributed by atoms with Gasteiger partial charge in [-0.3, -0.25) is 19.4 Å². The van der Waals surface area contributed by atoms with Gasteiger partial charge in [0.1, 0.15) is 0 Å². The zero-order valence-corrected chi connectivity index (χ0v) is 18.3. The average Bonchev–Trinajstić information content (AvgIpc) is 3.39. The maximum atomic E-state index is 12.6. The third kappa shape index (κ3) is 6.19. The van der Waals surface area contributed by atoms with E-state index in [1.54, 1.807) is 0 Å². The van der Waals surface area contributed by atoms with Gasteiger partial charge in [-0.05, 0) is 19.8 Å². The maximum absolute atomic E-state index is 12.6. The number of amides is 1. The molecule has 1 saturated carbocycles. The van der Waals surface area contributed by atoms with Gasteiger partial charge in [0.25, 0.3) is 0 Å². The Kier molecular flexibility index (Phi) is 7.91. The van der Waals surface area contributed by atoms with Crippen molar-refractivity contribution in [2.75, 3.05) is 52.9 Å². The summed E-state index contributed by atoms with van der Waals surface area (Å²) < 4.78 is 1.82. The minimum absolute atomic E-state index is 0.296. The van der Waals surface area contributed by atoms with Crippen LogP contribution >= 0.6 is 0 Å². The Labute approximate surface area is 174 Å². The van der Waals surface area contributed by atoms with Crippen molar-refractivity contribution in [2.45, 2.75) is 39.2 Å². The molecular formula is C21H37N7O. The number of nitrogens with zero attached hydrogens (tertiary/aromatic N) is 6. The third-order valence-corrected chi connectivity index (χ3v) is 5.94. The number of hydrogen-bond donors (Lipinski definition) is 1. The smallest absolute Gasteiger partial charge is 0.225 e. The molecule has 1 saturated heterocycles. The summed E-state index contributed by atoms with van der Waals surface area (Å²) in [6.07, 6.45) is 8.55. The second kappa shape index (κ2) is 10.6. The molecule has 0 atom stereocenters. The summed E-state index contributed by atoms with van der Waals surface area (Å²) in [6.45, 7) is 9.04. The zero-order valence-electron chi connectivity index (χ0n) is 18.3. The number of piperazine rings is 1. The highest BCUT2D eigenvalue weighted by Gasteiger charge is 2.29. The molecule has 0 bridgehead atoms. The van der Waals surface area contributed by atoms with E-state index in [1.165, 1.54) is 18.4 Å². The number of hydrogen-bond acceptors (Lipinski definition) is 4. The van der Waals surface area contributed by atoms with Crippen LogP contribution in [0.3, 0.4) is 0 Å². The molecule has 1 N–H and O–H groups in total. The Morgan fingerprint density at radius 1 is 1.28 bits per heavy atom. The van der Waals surface area contributed by atoms with Crippen molar-refractivity contribution in [3.8, 4) is 0 Å². The highest BCUT2D eigenvalue weighted by molar-refractivity contribution is 5.80. The normalized spacial score (nSPS) is 19.0. The van der Waals surface area contributed by atoms with Gasteiger partial charge in [-0.15, -0.1) is 0 Å². The van der Waals surface area contributed by atoms with Gasteiger partial charge in [0, 0.05) is 77.6 Å². The van der Waals surface area contributed by atoms with Gasteiger partial charge in [-0.25, -0.2) is 0 Å². The molecule has 0 unspecified atom stereocenters. The van der Waals surface area contributed by atoms with Crippen LogP contribution in [-0.4, -0.2) is 89.2 Å². The van der Waals surface area contributed by atoms with Gasteiger partial charge >= 0.3 is 0 Å². The molecule has 1 aliphatic carbocycles. The van der Waals surface area contributed by atoms with Crippen LogP contribution in [0.2, 0.25) is 0 Å². The van der Waals surface area contributed by atoms with Crippen molar-refractivity contribution in [2.24, 2.45) is 18.0 Å². The number of nitrogens with one attached hydrogen (secondary N) is 1. The van der Waals surface area contributed by atoms with Gasteiger partial charge in [0.2, 0.25) is 5.91 Å². The summed E-state index contributed by atoms with van der Waals surface area (Å²) in [7, 11) is 3.99. The number of carbonyl (C=O) groups excluding carboxylic acids is 1. The minimum Gasteiger partial charge on any atom is -0.357 e. The van der Waals surface area contributed by atoms with Crippen LogP contribution in [0, 0.1) is 5.92 Å². The van der Waals surface area contributed by atoms with Crippen molar-refractivity contribution in [3.63, 3.8) is 0 Å². The SMILES string of the molecule is CCNC(=NCCN1CCN(C(=O)C2CCCC2)CC1)N(C)Cc1cnn(C)c1.